The Balaban J connectivity index is 1.94. The Labute approximate surface area is 135 Å². The molecule has 1 N–H and O–H groups in total. The fourth-order valence-electron chi connectivity index (χ4n) is 2.44. The van der Waals surface area contributed by atoms with Crippen LogP contribution in [0.3, 0.4) is 0 Å². The molecule has 0 atom stereocenters. The standard InChI is InChI=1S/C19H19N3O/c1-11-5-6-12(2)17(9-11)22-19(23)15-7-8-16-18(10-15)21-14(4)13(3)20-16/h5-10H,1-4H3,(H,22,23). The highest BCUT2D eigenvalue weighted by Crippen LogP contribution is 2.19. The molecule has 1 amide bonds. The maximum atomic E-state index is 12.5. The van der Waals surface area contributed by atoms with E-state index in [1.54, 1.807) is 12.1 Å². The first-order chi connectivity index (χ1) is 10.9. The number of aryl methyl sites for hydroxylation is 4. The van der Waals surface area contributed by atoms with E-state index in [1.165, 1.54) is 0 Å². The van der Waals surface area contributed by atoms with E-state index in [9.17, 15) is 4.79 Å². The first-order valence-corrected chi connectivity index (χ1v) is 7.57. The van der Waals surface area contributed by atoms with Crippen molar-refractivity contribution >= 4 is 22.6 Å². The second-order valence-corrected chi connectivity index (χ2v) is 5.87. The highest BCUT2D eigenvalue weighted by atomic mass is 16.1. The summed E-state index contributed by atoms with van der Waals surface area (Å²) in [4.78, 5) is 21.5. The molecule has 0 saturated heterocycles. The number of hydrogen-bond donors (Lipinski definition) is 1. The van der Waals surface area contributed by atoms with E-state index >= 15 is 0 Å². The molecule has 1 aromatic heterocycles. The Morgan fingerprint density at radius 3 is 2.30 bits per heavy atom. The monoisotopic (exact) mass is 305 g/mol. The molecule has 4 heteroatoms. The number of carbonyl (C=O) groups is 1. The van der Waals surface area contributed by atoms with Crippen LogP contribution in [0.1, 0.15) is 32.9 Å². The van der Waals surface area contributed by atoms with Gasteiger partial charge in [0.05, 0.1) is 22.4 Å². The molecule has 2 aromatic carbocycles. The Morgan fingerprint density at radius 2 is 1.57 bits per heavy atom. The molecule has 0 fully saturated rings. The zero-order chi connectivity index (χ0) is 16.6. The Bertz CT molecular complexity index is 916. The smallest absolute Gasteiger partial charge is 0.255 e. The highest BCUT2D eigenvalue weighted by molar-refractivity contribution is 6.06. The van der Waals surface area contributed by atoms with E-state index in [1.807, 2.05) is 52.0 Å². The maximum Gasteiger partial charge on any atom is 0.255 e. The Kier molecular flexibility index (Phi) is 3.82. The van der Waals surface area contributed by atoms with Gasteiger partial charge in [0, 0.05) is 11.3 Å². The topological polar surface area (TPSA) is 54.9 Å². The number of amides is 1. The molecule has 0 spiro atoms. The van der Waals surface area contributed by atoms with E-state index in [0.717, 1.165) is 39.2 Å². The molecule has 0 aliphatic carbocycles. The normalized spacial score (nSPS) is 10.8. The molecule has 116 valence electrons. The molecular formula is C19H19N3O. The minimum absolute atomic E-state index is 0.138. The van der Waals surface area contributed by atoms with Gasteiger partial charge in [-0.2, -0.15) is 0 Å². The highest BCUT2D eigenvalue weighted by Gasteiger charge is 2.10. The predicted molar refractivity (Wildman–Crippen MR) is 92.9 cm³/mol. The molecule has 3 aromatic rings. The number of nitrogens with one attached hydrogen (secondary N) is 1. The lowest BCUT2D eigenvalue weighted by Crippen LogP contribution is -2.13. The fraction of sp³-hybridized carbons (Fsp3) is 0.211. The number of carbonyl (C=O) groups excluding carboxylic acids is 1. The average Bonchev–Trinajstić information content (AvgIpc) is 2.51. The third-order valence-corrected chi connectivity index (χ3v) is 3.98. The molecule has 0 aliphatic heterocycles. The summed E-state index contributed by atoms with van der Waals surface area (Å²) in [5, 5.41) is 2.97. The fourth-order valence-corrected chi connectivity index (χ4v) is 2.44. The van der Waals surface area contributed by atoms with Gasteiger partial charge in [-0.3, -0.25) is 4.79 Å². The van der Waals surface area contributed by atoms with E-state index in [0.29, 0.717) is 5.56 Å². The zero-order valence-corrected chi connectivity index (χ0v) is 13.8. The van der Waals surface area contributed by atoms with Crippen LogP contribution < -0.4 is 5.32 Å². The van der Waals surface area contributed by atoms with Crippen LogP contribution in [0.5, 0.6) is 0 Å². The summed E-state index contributed by atoms with van der Waals surface area (Å²) in [6.45, 7) is 7.84. The summed E-state index contributed by atoms with van der Waals surface area (Å²) in [6, 6.07) is 11.4. The van der Waals surface area contributed by atoms with Crippen LogP contribution in [0, 0.1) is 27.7 Å². The van der Waals surface area contributed by atoms with Crippen molar-refractivity contribution < 1.29 is 4.79 Å². The van der Waals surface area contributed by atoms with Crippen LogP contribution in [-0.4, -0.2) is 15.9 Å². The van der Waals surface area contributed by atoms with Gasteiger partial charge in [-0.25, -0.2) is 9.97 Å². The molecule has 0 saturated carbocycles. The van der Waals surface area contributed by atoms with E-state index in [4.69, 9.17) is 0 Å². The van der Waals surface area contributed by atoms with Crippen LogP contribution in [0.2, 0.25) is 0 Å². The summed E-state index contributed by atoms with van der Waals surface area (Å²) in [7, 11) is 0. The predicted octanol–water partition coefficient (Wildman–Crippen LogP) is 4.12. The molecule has 1 heterocycles. The largest absolute Gasteiger partial charge is 0.322 e. The molecule has 0 bridgehead atoms. The summed E-state index contributed by atoms with van der Waals surface area (Å²) >= 11 is 0. The maximum absolute atomic E-state index is 12.5. The van der Waals surface area contributed by atoms with Gasteiger partial charge >= 0.3 is 0 Å². The third kappa shape index (κ3) is 3.06. The lowest BCUT2D eigenvalue weighted by atomic mass is 10.1. The minimum atomic E-state index is -0.138. The second-order valence-electron chi connectivity index (χ2n) is 5.87. The number of benzene rings is 2. The average molecular weight is 305 g/mol. The van der Waals surface area contributed by atoms with Gasteiger partial charge in [-0.1, -0.05) is 12.1 Å². The molecule has 0 radical (unpaired) electrons. The van der Waals surface area contributed by atoms with Crippen molar-refractivity contribution in [1.29, 1.82) is 0 Å². The van der Waals surface area contributed by atoms with Crippen molar-refractivity contribution in [2.45, 2.75) is 27.7 Å². The molecular weight excluding hydrogens is 286 g/mol. The number of hydrogen-bond acceptors (Lipinski definition) is 3. The van der Waals surface area contributed by atoms with Crippen molar-refractivity contribution in [3.05, 3.63) is 64.5 Å². The SMILES string of the molecule is Cc1ccc(C)c(NC(=O)c2ccc3nc(C)c(C)nc3c2)c1. The molecule has 23 heavy (non-hydrogen) atoms. The van der Waals surface area contributed by atoms with Gasteiger partial charge in [-0.15, -0.1) is 0 Å². The lowest BCUT2D eigenvalue weighted by Gasteiger charge is -2.10. The first kappa shape index (κ1) is 15.2. The Hall–Kier alpha value is -2.75. The van der Waals surface area contributed by atoms with Crippen molar-refractivity contribution in [2.24, 2.45) is 0 Å². The van der Waals surface area contributed by atoms with Crippen LogP contribution in [0.15, 0.2) is 36.4 Å². The van der Waals surface area contributed by atoms with Crippen LogP contribution in [0.25, 0.3) is 11.0 Å². The quantitative estimate of drug-likeness (QED) is 0.775. The lowest BCUT2D eigenvalue weighted by molar-refractivity contribution is 0.102. The number of aromatic nitrogens is 2. The van der Waals surface area contributed by atoms with Crippen LogP contribution >= 0.6 is 0 Å². The van der Waals surface area contributed by atoms with Crippen molar-refractivity contribution in [2.75, 3.05) is 5.32 Å². The van der Waals surface area contributed by atoms with E-state index < -0.39 is 0 Å². The number of fused-ring (bicyclic) bond motifs is 1. The summed E-state index contributed by atoms with van der Waals surface area (Å²) in [5.74, 6) is -0.138. The van der Waals surface area contributed by atoms with Crippen LogP contribution in [0.4, 0.5) is 5.69 Å². The third-order valence-electron chi connectivity index (χ3n) is 3.98. The molecule has 3 rings (SSSR count). The van der Waals surface area contributed by atoms with Gasteiger partial charge < -0.3 is 5.32 Å². The first-order valence-electron chi connectivity index (χ1n) is 7.57. The molecule has 0 unspecified atom stereocenters. The van der Waals surface area contributed by atoms with Crippen molar-refractivity contribution in [3.63, 3.8) is 0 Å². The van der Waals surface area contributed by atoms with Gasteiger partial charge in [-0.05, 0) is 63.1 Å². The van der Waals surface area contributed by atoms with Gasteiger partial charge in [0.1, 0.15) is 0 Å². The van der Waals surface area contributed by atoms with E-state index in [-0.39, 0.29) is 5.91 Å². The van der Waals surface area contributed by atoms with Gasteiger partial charge in [0.25, 0.3) is 5.91 Å². The Morgan fingerprint density at radius 1 is 0.870 bits per heavy atom. The molecule has 4 nitrogen and oxygen atoms in total. The zero-order valence-electron chi connectivity index (χ0n) is 13.8. The number of nitrogens with zero attached hydrogens (tertiary/aromatic N) is 2. The number of rotatable bonds is 2. The molecule has 0 aliphatic rings. The second kappa shape index (κ2) is 5.80. The van der Waals surface area contributed by atoms with Gasteiger partial charge in [0.2, 0.25) is 0 Å². The van der Waals surface area contributed by atoms with Gasteiger partial charge in [0.15, 0.2) is 0 Å². The van der Waals surface area contributed by atoms with E-state index in [2.05, 4.69) is 15.3 Å². The van der Waals surface area contributed by atoms with Crippen LogP contribution in [-0.2, 0) is 0 Å². The summed E-state index contributed by atoms with van der Waals surface area (Å²) < 4.78 is 0. The van der Waals surface area contributed by atoms with Crippen molar-refractivity contribution in [1.82, 2.24) is 9.97 Å². The summed E-state index contributed by atoms with van der Waals surface area (Å²) in [5.41, 5.74) is 6.89. The minimum Gasteiger partial charge on any atom is -0.322 e. The number of anilines is 1. The van der Waals surface area contributed by atoms with Crippen molar-refractivity contribution in [3.8, 4) is 0 Å². The summed E-state index contributed by atoms with van der Waals surface area (Å²) in [6.07, 6.45) is 0.